The van der Waals surface area contributed by atoms with Crippen molar-refractivity contribution >= 4 is 17.2 Å². The number of nitrogens with zero attached hydrogens (tertiary/aromatic N) is 2. The molecule has 7 nitrogen and oxygen atoms in total. The number of fused-ring (bicyclic) bond motifs is 1. The first-order valence-electron chi connectivity index (χ1n) is 12.6. The van der Waals surface area contributed by atoms with Crippen LogP contribution in [0.15, 0.2) is 66.2 Å². The molecule has 36 heavy (non-hydrogen) atoms. The first kappa shape index (κ1) is 25.0. The Kier molecular flexibility index (Phi) is 8.40. The second-order valence-electron chi connectivity index (χ2n) is 9.53. The standard InChI is InChI=1S/C28H33N3O4S/c32-23-16-31(17-28-29-12-13-36-28)25-11-10-24(35-26(25)19-34-18-23)14-27(33)30-15-20-6-8-22(9-7-20)21-4-2-1-3-5-21/h1-9,12-13,23-26,32H,10-11,14-19H2,(H,30,33)/t23-,24+,25+,26-/m0/s1. The molecule has 1 amide bonds. The van der Waals surface area contributed by atoms with E-state index in [1.807, 2.05) is 29.8 Å². The van der Waals surface area contributed by atoms with Crippen molar-refractivity contribution in [2.75, 3.05) is 19.8 Å². The molecule has 0 aliphatic carbocycles. The lowest BCUT2D eigenvalue weighted by Crippen LogP contribution is -2.55. The molecule has 0 bridgehead atoms. The SMILES string of the molecule is O=C(C[C@H]1CC[C@@H]2[C@H](COC[C@@H](O)CN2Cc2nccs2)O1)NCc1ccc(-c2ccccc2)cc1. The van der Waals surface area contributed by atoms with Gasteiger partial charge in [-0.2, -0.15) is 0 Å². The maximum absolute atomic E-state index is 12.7. The van der Waals surface area contributed by atoms with Crippen LogP contribution in [-0.4, -0.2) is 65.0 Å². The smallest absolute Gasteiger partial charge is 0.222 e. The van der Waals surface area contributed by atoms with Crippen molar-refractivity contribution in [2.24, 2.45) is 0 Å². The highest BCUT2D eigenvalue weighted by Gasteiger charge is 2.38. The first-order chi connectivity index (χ1) is 17.6. The zero-order valence-electron chi connectivity index (χ0n) is 20.3. The summed E-state index contributed by atoms with van der Waals surface area (Å²) in [5, 5.41) is 16.4. The third-order valence-electron chi connectivity index (χ3n) is 6.87. The maximum Gasteiger partial charge on any atom is 0.222 e. The molecule has 8 heteroatoms. The van der Waals surface area contributed by atoms with Crippen LogP contribution in [0.1, 0.15) is 29.8 Å². The number of aliphatic hydroxyl groups excluding tert-OH is 1. The molecule has 1 aromatic heterocycles. The Morgan fingerprint density at radius 2 is 1.89 bits per heavy atom. The lowest BCUT2D eigenvalue weighted by molar-refractivity contribution is -0.158. The molecule has 0 saturated carbocycles. The highest BCUT2D eigenvalue weighted by Crippen LogP contribution is 2.29. The number of rotatable bonds is 7. The normalized spacial score (nSPS) is 24.9. The number of carbonyl (C=O) groups excluding carboxylic acids is 1. The number of thiazole rings is 1. The van der Waals surface area contributed by atoms with E-state index in [0.717, 1.165) is 29.0 Å². The van der Waals surface area contributed by atoms with Crippen LogP contribution in [0.5, 0.6) is 0 Å². The van der Waals surface area contributed by atoms with Gasteiger partial charge in [0, 0.05) is 30.7 Å². The highest BCUT2D eigenvalue weighted by atomic mass is 32.1. The first-order valence-corrected chi connectivity index (χ1v) is 13.5. The van der Waals surface area contributed by atoms with Crippen LogP contribution < -0.4 is 5.32 Å². The van der Waals surface area contributed by atoms with Crippen LogP contribution in [0.3, 0.4) is 0 Å². The van der Waals surface area contributed by atoms with Crippen molar-refractivity contribution in [3.8, 4) is 11.1 Å². The van der Waals surface area contributed by atoms with Gasteiger partial charge in [0.15, 0.2) is 0 Å². The average Bonchev–Trinajstić information content (AvgIpc) is 3.40. The van der Waals surface area contributed by atoms with Gasteiger partial charge in [-0.3, -0.25) is 9.69 Å². The van der Waals surface area contributed by atoms with E-state index in [4.69, 9.17) is 9.47 Å². The van der Waals surface area contributed by atoms with Crippen LogP contribution >= 0.6 is 11.3 Å². The van der Waals surface area contributed by atoms with Gasteiger partial charge in [0.2, 0.25) is 5.91 Å². The van der Waals surface area contributed by atoms with Gasteiger partial charge >= 0.3 is 0 Å². The van der Waals surface area contributed by atoms with Crippen LogP contribution in [0, 0.1) is 0 Å². The molecule has 2 fully saturated rings. The molecule has 2 saturated heterocycles. The van der Waals surface area contributed by atoms with Crippen molar-refractivity contribution in [1.82, 2.24) is 15.2 Å². The van der Waals surface area contributed by atoms with Gasteiger partial charge in [-0.15, -0.1) is 11.3 Å². The average molecular weight is 508 g/mol. The Balaban J connectivity index is 1.13. The number of aromatic nitrogens is 1. The van der Waals surface area contributed by atoms with Gasteiger partial charge in [0.25, 0.3) is 0 Å². The molecule has 4 atom stereocenters. The summed E-state index contributed by atoms with van der Waals surface area (Å²) in [7, 11) is 0. The lowest BCUT2D eigenvalue weighted by Gasteiger charge is -2.44. The summed E-state index contributed by atoms with van der Waals surface area (Å²) in [6, 6.07) is 18.7. The predicted molar refractivity (Wildman–Crippen MR) is 139 cm³/mol. The van der Waals surface area contributed by atoms with Crippen LogP contribution in [0.4, 0.5) is 0 Å². The molecule has 0 spiro atoms. The van der Waals surface area contributed by atoms with Crippen molar-refractivity contribution in [3.05, 3.63) is 76.7 Å². The van der Waals surface area contributed by atoms with E-state index < -0.39 is 6.10 Å². The minimum atomic E-state index is -0.531. The molecule has 0 unspecified atom stereocenters. The number of amides is 1. The van der Waals surface area contributed by atoms with E-state index in [2.05, 4.69) is 51.6 Å². The Labute approximate surface area is 216 Å². The summed E-state index contributed by atoms with van der Waals surface area (Å²) in [4.78, 5) is 19.4. The van der Waals surface area contributed by atoms with Gasteiger partial charge in [-0.05, 0) is 29.5 Å². The molecule has 2 aliphatic heterocycles. The van der Waals surface area contributed by atoms with Gasteiger partial charge < -0.3 is 19.9 Å². The van der Waals surface area contributed by atoms with Crippen LogP contribution in [0.25, 0.3) is 11.1 Å². The van der Waals surface area contributed by atoms with E-state index in [9.17, 15) is 9.90 Å². The minimum absolute atomic E-state index is 0.00703. The molecule has 2 N–H and O–H groups in total. The highest BCUT2D eigenvalue weighted by molar-refractivity contribution is 7.09. The van der Waals surface area contributed by atoms with E-state index in [1.54, 1.807) is 11.3 Å². The number of β-amino-alcohol motifs (C(OH)–C–C–N with tert-alkyl or cyclic N) is 1. The molecule has 2 aromatic carbocycles. The van der Waals surface area contributed by atoms with Crippen LogP contribution in [-0.2, 0) is 27.4 Å². The van der Waals surface area contributed by atoms with E-state index in [-0.39, 0.29) is 30.8 Å². The van der Waals surface area contributed by atoms with E-state index >= 15 is 0 Å². The summed E-state index contributed by atoms with van der Waals surface area (Å²) in [6.45, 7) is 2.41. The van der Waals surface area contributed by atoms with Crippen molar-refractivity contribution in [3.63, 3.8) is 0 Å². The fourth-order valence-electron chi connectivity index (χ4n) is 5.06. The number of benzene rings is 2. The third-order valence-corrected chi connectivity index (χ3v) is 7.64. The number of nitrogens with one attached hydrogen (secondary N) is 1. The number of aliphatic hydroxyl groups is 1. The predicted octanol–water partition coefficient (Wildman–Crippen LogP) is 3.63. The van der Waals surface area contributed by atoms with E-state index in [0.29, 0.717) is 32.7 Å². The molecular weight excluding hydrogens is 474 g/mol. The number of ether oxygens (including phenoxy) is 2. The number of hydrogen-bond donors (Lipinski definition) is 2. The second-order valence-corrected chi connectivity index (χ2v) is 10.5. The molecule has 3 aromatic rings. The monoisotopic (exact) mass is 507 g/mol. The fraction of sp³-hybridized carbons (Fsp3) is 0.429. The summed E-state index contributed by atoms with van der Waals surface area (Å²) in [5.74, 6) is -0.00703. The van der Waals surface area contributed by atoms with Gasteiger partial charge in [-0.1, -0.05) is 54.6 Å². The number of carbonyl (C=O) groups is 1. The summed E-state index contributed by atoms with van der Waals surface area (Å²) >= 11 is 1.62. The van der Waals surface area contributed by atoms with Crippen molar-refractivity contribution in [2.45, 2.75) is 56.7 Å². The molecule has 0 radical (unpaired) electrons. The second kappa shape index (κ2) is 12.1. The van der Waals surface area contributed by atoms with Gasteiger partial charge in [0.05, 0.1) is 44.5 Å². The summed E-state index contributed by atoms with van der Waals surface area (Å²) in [6.07, 6.45) is 3.04. The summed E-state index contributed by atoms with van der Waals surface area (Å²) in [5.41, 5.74) is 3.41. The van der Waals surface area contributed by atoms with Gasteiger partial charge in [0.1, 0.15) is 5.01 Å². The zero-order chi connectivity index (χ0) is 24.7. The fourth-order valence-corrected chi connectivity index (χ4v) is 5.70. The van der Waals surface area contributed by atoms with Gasteiger partial charge in [-0.25, -0.2) is 4.98 Å². The third kappa shape index (κ3) is 6.57. The Morgan fingerprint density at radius 3 is 2.67 bits per heavy atom. The largest absolute Gasteiger partial charge is 0.389 e. The zero-order valence-corrected chi connectivity index (χ0v) is 21.1. The Hall–Kier alpha value is -2.62. The Bertz CT molecular complexity index is 1090. The van der Waals surface area contributed by atoms with E-state index in [1.165, 1.54) is 5.56 Å². The summed E-state index contributed by atoms with van der Waals surface area (Å²) < 4.78 is 12.1. The van der Waals surface area contributed by atoms with Crippen LogP contribution in [0.2, 0.25) is 0 Å². The van der Waals surface area contributed by atoms with Crippen molar-refractivity contribution < 1.29 is 19.4 Å². The molecule has 3 heterocycles. The minimum Gasteiger partial charge on any atom is -0.389 e. The molecular formula is C28H33N3O4S. The van der Waals surface area contributed by atoms with Crippen molar-refractivity contribution in [1.29, 1.82) is 0 Å². The lowest BCUT2D eigenvalue weighted by atomic mass is 9.94. The molecule has 2 aliphatic rings. The quantitative estimate of drug-likeness (QED) is 0.508. The topological polar surface area (TPSA) is 83.9 Å². The maximum atomic E-state index is 12.7. The molecule has 5 rings (SSSR count). The Morgan fingerprint density at radius 1 is 1.08 bits per heavy atom. The molecule has 190 valence electrons. The number of hydrogen-bond acceptors (Lipinski definition) is 7.